The number of hydrogen-bond donors (Lipinski definition) is 2. The van der Waals surface area contributed by atoms with E-state index < -0.39 is 33.7 Å². The van der Waals surface area contributed by atoms with Gasteiger partial charge in [-0.15, -0.1) is 0 Å². The molecule has 0 saturated carbocycles. The van der Waals surface area contributed by atoms with Gasteiger partial charge in [0.25, 0.3) is 10.1 Å². The van der Waals surface area contributed by atoms with Crippen molar-refractivity contribution in [3.05, 3.63) is 35.4 Å². The number of hydrogen-bond acceptors (Lipinski definition) is 3. The minimum Gasteiger partial charge on any atom is -0.387 e. The molecular weight excluding hydrogens is 261 g/mol. The number of alkyl halides is 3. The summed E-state index contributed by atoms with van der Waals surface area (Å²) in [4.78, 5) is 0. The summed E-state index contributed by atoms with van der Waals surface area (Å²) in [6, 6.07) is 3.36. The minimum absolute atomic E-state index is 0.0179. The van der Waals surface area contributed by atoms with E-state index in [1.54, 1.807) is 0 Å². The zero-order chi connectivity index (χ0) is 13.3. The number of benzene rings is 1. The average Bonchev–Trinajstić information content (AvgIpc) is 2.14. The molecule has 1 atom stereocenters. The Labute approximate surface area is 95.4 Å². The van der Waals surface area contributed by atoms with Crippen molar-refractivity contribution in [3.63, 3.8) is 0 Å². The number of aliphatic hydroxyl groups excluding tert-OH is 1. The maximum absolute atomic E-state index is 12.2. The van der Waals surface area contributed by atoms with Crippen molar-refractivity contribution >= 4 is 10.1 Å². The molecule has 0 fully saturated rings. The summed E-state index contributed by atoms with van der Waals surface area (Å²) < 4.78 is 66.0. The summed E-state index contributed by atoms with van der Waals surface area (Å²) >= 11 is 0. The molecule has 0 aliphatic carbocycles. The van der Waals surface area contributed by atoms with E-state index in [1.807, 2.05) is 0 Å². The van der Waals surface area contributed by atoms with Crippen LogP contribution < -0.4 is 0 Å². The lowest BCUT2D eigenvalue weighted by atomic mass is 10.1. The Morgan fingerprint density at radius 3 is 2.00 bits per heavy atom. The van der Waals surface area contributed by atoms with E-state index in [1.165, 1.54) is 0 Å². The van der Waals surface area contributed by atoms with Crippen molar-refractivity contribution in [1.29, 1.82) is 0 Å². The predicted octanol–water partition coefficient (Wildman–Crippen LogP) is 1.63. The summed E-state index contributed by atoms with van der Waals surface area (Å²) in [5.41, 5.74) is -0.920. The van der Waals surface area contributed by atoms with Crippen molar-refractivity contribution < 1.29 is 31.2 Å². The third kappa shape index (κ3) is 4.33. The Bertz CT molecular complexity index is 478. The van der Waals surface area contributed by atoms with Crippen molar-refractivity contribution in [2.45, 2.75) is 12.3 Å². The van der Waals surface area contributed by atoms with Crippen molar-refractivity contribution in [2.24, 2.45) is 0 Å². The van der Waals surface area contributed by atoms with Gasteiger partial charge in [0.2, 0.25) is 0 Å². The Morgan fingerprint density at radius 2 is 1.65 bits per heavy atom. The van der Waals surface area contributed by atoms with Gasteiger partial charge in [0, 0.05) is 0 Å². The topological polar surface area (TPSA) is 74.6 Å². The van der Waals surface area contributed by atoms with Crippen LogP contribution in [-0.2, 0) is 16.3 Å². The van der Waals surface area contributed by atoms with Crippen LogP contribution in [0.25, 0.3) is 0 Å². The summed E-state index contributed by atoms with van der Waals surface area (Å²) in [6.07, 6.45) is -6.06. The molecule has 1 aromatic rings. The summed E-state index contributed by atoms with van der Waals surface area (Å²) in [7, 11) is -4.38. The Kier molecular flexibility index (Phi) is 3.80. The summed E-state index contributed by atoms with van der Waals surface area (Å²) in [6.45, 7) is 0. The third-order valence-electron chi connectivity index (χ3n) is 1.99. The molecule has 0 aliphatic rings. The molecule has 0 aromatic heterocycles. The van der Waals surface area contributed by atoms with E-state index >= 15 is 0 Å². The van der Waals surface area contributed by atoms with Crippen LogP contribution in [0.15, 0.2) is 24.3 Å². The highest BCUT2D eigenvalue weighted by Gasteiger charge is 2.30. The molecule has 1 unspecified atom stereocenters. The molecule has 1 aromatic carbocycles. The van der Waals surface area contributed by atoms with Gasteiger partial charge in [-0.05, 0) is 17.7 Å². The second kappa shape index (κ2) is 4.63. The molecular formula is C9H9F3O4S. The lowest BCUT2D eigenvalue weighted by Gasteiger charge is -2.11. The molecule has 2 N–H and O–H groups in total. The zero-order valence-corrected chi connectivity index (χ0v) is 9.16. The Balaban J connectivity index is 2.88. The number of aliphatic hydroxyl groups is 1. The molecule has 96 valence electrons. The van der Waals surface area contributed by atoms with Gasteiger partial charge in [-0.3, -0.25) is 4.55 Å². The molecule has 0 saturated heterocycles. The van der Waals surface area contributed by atoms with Crippen LogP contribution in [0, 0.1) is 0 Å². The number of rotatable bonds is 3. The molecule has 8 heteroatoms. The second-order valence-corrected chi connectivity index (χ2v) is 4.88. The van der Waals surface area contributed by atoms with Crippen molar-refractivity contribution in [2.75, 3.05) is 5.75 Å². The third-order valence-corrected chi connectivity index (χ3v) is 2.73. The van der Waals surface area contributed by atoms with E-state index in [0.717, 1.165) is 24.3 Å². The van der Waals surface area contributed by atoms with Gasteiger partial charge in [-0.25, -0.2) is 0 Å². The Morgan fingerprint density at radius 1 is 1.18 bits per heavy atom. The molecule has 0 bridgehead atoms. The first-order valence-corrected chi connectivity index (χ1v) is 6.01. The first-order chi connectivity index (χ1) is 7.59. The quantitative estimate of drug-likeness (QED) is 0.818. The number of halogens is 3. The SMILES string of the molecule is O=S(=O)(O)CC(O)c1ccc(C(F)(F)F)cc1. The van der Waals surface area contributed by atoms with Gasteiger partial charge < -0.3 is 5.11 Å². The van der Waals surface area contributed by atoms with Crippen LogP contribution in [0.1, 0.15) is 17.2 Å². The fraction of sp³-hybridized carbons (Fsp3) is 0.333. The first-order valence-electron chi connectivity index (χ1n) is 4.40. The van der Waals surface area contributed by atoms with Crippen LogP contribution in [-0.4, -0.2) is 23.8 Å². The van der Waals surface area contributed by atoms with E-state index in [0.29, 0.717) is 0 Å². The van der Waals surface area contributed by atoms with E-state index in [2.05, 4.69) is 0 Å². The van der Waals surface area contributed by atoms with Gasteiger partial charge in [0.1, 0.15) is 5.75 Å². The smallest absolute Gasteiger partial charge is 0.387 e. The lowest BCUT2D eigenvalue weighted by molar-refractivity contribution is -0.137. The molecule has 0 heterocycles. The highest BCUT2D eigenvalue weighted by molar-refractivity contribution is 7.85. The second-order valence-electron chi connectivity index (χ2n) is 3.38. The molecule has 0 aliphatic heterocycles. The summed E-state index contributed by atoms with van der Waals surface area (Å²) in [5, 5.41) is 9.33. The summed E-state index contributed by atoms with van der Waals surface area (Å²) in [5.74, 6) is -0.960. The van der Waals surface area contributed by atoms with Crippen molar-refractivity contribution in [1.82, 2.24) is 0 Å². The average molecular weight is 270 g/mol. The van der Waals surface area contributed by atoms with Crippen LogP contribution >= 0.6 is 0 Å². The van der Waals surface area contributed by atoms with Crippen LogP contribution in [0.5, 0.6) is 0 Å². The fourth-order valence-electron chi connectivity index (χ4n) is 1.19. The molecule has 0 spiro atoms. The minimum atomic E-state index is -4.49. The van der Waals surface area contributed by atoms with Crippen LogP contribution in [0.3, 0.4) is 0 Å². The highest BCUT2D eigenvalue weighted by Crippen LogP contribution is 2.30. The largest absolute Gasteiger partial charge is 0.416 e. The van der Waals surface area contributed by atoms with Gasteiger partial charge in [0.15, 0.2) is 0 Å². The van der Waals surface area contributed by atoms with E-state index in [9.17, 15) is 26.7 Å². The van der Waals surface area contributed by atoms with Crippen LogP contribution in [0.2, 0.25) is 0 Å². The molecule has 0 amide bonds. The standard InChI is InChI=1S/C9H9F3O4S/c10-9(11,12)7-3-1-6(2-4-7)8(13)5-17(14,15)16/h1-4,8,13H,5H2,(H,14,15,16). The lowest BCUT2D eigenvalue weighted by Crippen LogP contribution is -2.13. The molecule has 1 rings (SSSR count). The zero-order valence-electron chi connectivity index (χ0n) is 8.35. The van der Waals surface area contributed by atoms with E-state index in [4.69, 9.17) is 4.55 Å². The van der Waals surface area contributed by atoms with E-state index in [-0.39, 0.29) is 5.56 Å². The van der Waals surface area contributed by atoms with Crippen molar-refractivity contribution in [3.8, 4) is 0 Å². The molecule has 0 radical (unpaired) electrons. The highest BCUT2D eigenvalue weighted by atomic mass is 32.2. The van der Waals surface area contributed by atoms with Gasteiger partial charge in [0.05, 0.1) is 11.7 Å². The fourth-order valence-corrected chi connectivity index (χ4v) is 1.78. The monoisotopic (exact) mass is 270 g/mol. The van der Waals surface area contributed by atoms with Gasteiger partial charge >= 0.3 is 6.18 Å². The molecule has 17 heavy (non-hydrogen) atoms. The normalized spacial score (nSPS) is 14.6. The predicted molar refractivity (Wildman–Crippen MR) is 52.8 cm³/mol. The first kappa shape index (κ1) is 13.9. The maximum Gasteiger partial charge on any atom is 0.416 e. The van der Waals surface area contributed by atoms with Crippen LogP contribution in [0.4, 0.5) is 13.2 Å². The molecule has 4 nitrogen and oxygen atoms in total. The maximum atomic E-state index is 12.2. The van der Waals surface area contributed by atoms with Gasteiger partial charge in [-0.1, -0.05) is 12.1 Å². The van der Waals surface area contributed by atoms with Gasteiger partial charge in [-0.2, -0.15) is 21.6 Å². The Hall–Kier alpha value is -1.12.